The number of anilines is 1. The fourth-order valence-electron chi connectivity index (χ4n) is 2.96. The minimum atomic E-state index is 0.308. The van der Waals surface area contributed by atoms with E-state index in [1.165, 1.54) is 11.1 Å². The van der Waals surface area contributed by atoms with Crippen LogP contribution in [0.3, 0.4) is 0 Å². The fourth-order valence-corrected chi connectivity index (χ4v) is 2.96. The van der Waals surface area contributed by atoms with Crippen molar-refractivity contribution in [3.63, 3.8) is 0 Å². The van der Waals surface area contributed by atoms with Gasteiger partial charge in [-0.25, -0.2) is 9.97 Å². The van der Waals surface area contributed by atoms with Crippen LogP contribution < -0.4 is 11.1 Å². The highest BCUT2D eigenvalue weighted by atomic mass is 16.5. The Morgan fingerprint density at radius 1 is 0.964 bits per heavy atom. The number of rotatable bonds is 5. The SMILES string of the molecule is CNCc1ccc(-c2cc(-c3nc(-c4ccc(C)cc4)cnc3N)on2)cc1. The predicted molar refractivity (Wildman–Crippen MR) is 110 cm³/mol. The number of nitrogen functional groups attached to an aromatic ring is 1. The monoisotopic (exact) mass is 371 g/mol. The molecule has 0 spiro atoms. The lowest BCUT2D eigenvalue weighted by Crippen LogP contribution is -2.04. The first kappa shape index (κ1) is 17.9. The van der Waals surface area contributed by atoms with E-state index in [1.54, 1.807) is 6.20 Å². The molecule has 28 heavy (non-hydrogen) atoms. The maximum Gasteiger partial charge on any atom is 0.189 e. The Bertz CT molecular complexity index is 1080. The number of hydrogen-bond acceptors (Lipinski definition) is 6. The predicted octanol–water partition coefficient (Wildman–Crippen LogP) is 4.08. The van der Waals surface area contributed by atoms with Gasteiger partial charge in [0.1, 0.15) is 5.69 Å². The zero-order valence-corrected chi connectivity index (χ0v) is 15.8. The van der Waals surface area contributed by atoms with Crippen LogP contribution >= 0.6 is 0 Å². The third kappa shape index (κ3) is 3.63. The molecule has 0 unspecified atom stereocenters. The van der Waals surface area contributed by atoms with Gasteiger partial charge in [0.15, 0.2) is 17.3 Å². The zero-order valence-electron chi connectivity index (χ0n) is 15.8. The topological polar surface area (TPSA) is 89.9 Å². The van der Waals surface area contributed by atoms with E-state index in [9.17, 15) is 0 Å². The second-order valence-electron chi connectivity index (χ2n) is 6.66. The van der Waals surface area contributed by atoms with E-state index >= 15 is 0 Å². The summed E-state index contributed by atoms with van der Waals surface area (Å²) in [4.78, 5) is 8.95. The van der Waals surface area contributed by atoms with Crippen LogP contribution in [0.15, 0.2) is 65.3 Å². The molecular weight excluding hydrogens is 350 g/mol. The van der Waals surface area contributed by atoms with Crippen molar-refractivity contribution in [1.29, 1.82) is 0 Å². The van der Waals surface area contributed by atoms with E-state index in [1.807, 2.05) is 56.4 Å². The van der Waals surface area contributed by atoms with Crippen LogP contribution in [0.5, 0.6) is 0 Å². The normalized spacial score (nSPS) is 10.9. The van der Waals surface area contributed by atoms with Crippen molar-refractivity contribution in [2.24, 2.45) is 0 Å². The number of aromatic nitrogens is 3. The molecule has 0 bridgehead atoms. The standard InChI is InChI=1S/C22H21N5O/c1-14-3-7-17(8-4-14)19-13-25-22(23)21(26-19)20-11-18(27-28-20)16-9-5-15(6-10-16)12-24-2/h3-11,13,24H,12H2,1-2H3,(H2,23,25). The maximum absolute atomic E-state index is 6.06. The van der Waals surface area contributed by atoms with Crippen molar-refractivity contribution in [2.75, 3.05) is 12.8 Å². The van der Waals surface area contributed by atoms with Crippen molar-refractivity contribution in [1.82, 2.24) is 20.4 Å². The highest BCUT2D eigenvalue weighted by molar-refractivity contribution is 5.73. The van der Waals surface area contributed by atoms with Gasteiger partial charge in [-0.1, -0.05) is 59.3 Å². The van der Waals surface area contributed by atoms with Crippen LogP contribution in [0.25, 0.3) is 34.0 Å². The van der Waals surface area contributed by atoms with Crippen molar-refractivity contribution >= 4 is 5.82 Å². The Labute approximate surface area is 163 Å². The second-order valence-corrected chi connectivity index (χ2v) is 6.66. The highest BCUT2D eigenvalue weighted by Crippen LogP contribution is 2.29. The first-order valence-electron chi connectivity index (χ1n) is 9.04. The summed E-state index contributed by atoms with van der Waals surface area (Å²) in [6, 6.07) is 18.1. The van der Waals surface area contributed by atoms with Gasteiger partial charge in [0, 0.05) is 23.7 Å². The van der Waals surface area contributed by atoms with Gasteiger partial charge in [-0.3, -0.25) is 0 Å². The number of benzene rings is 2. The molecule has 0 radical (unpaired) electrons. The summed E-state index contributed by atoms with van der Waals surface area (Å²) < 4.78 is 5.53. The van der Waals surface area contributed by atoms with Gasteiger partial charge in [-0.15, -0.1) is 0 Å². The van der Waals surface area contributed by atoms with Crippen LogP contribution in [0.4, 0.5) is 5.82 Å². The molecule has 2 aromatic carbocycles. The summed E-state index contributed by atoms with van der Waals surface area (Å²) in [5, 5.41) is 7.31. The minimum absolute atomic E-state index is 0.308. The molecule has 2 aromatic heterocycles. The van der Waals surface area contributed by atoms with E-state index in [-0.39, 0.29) is 0 Å². The molecule has 0 fully saturated rings. The number of nitrogens with one attached hydrogen (secondary N) is 1. The summed E-state index contributed by atoms with van der Waals surface area (Å²) in [6.45, 7) is 2.87. The highest BCUT2D eigenvalue weighted by Gasteiger charge is 2.15. The Morgan fingerprint density at radius 2 is 1.64 bits per heavy atom. The zero-order chi connectivity index (χ0) is 19.5. The first-order chi connectivity index (χ1) is 13.6. The molecule has 0 aliphatic heterocycles. The Kier molecular flexibility index (Phi) is 4.87. The number of nitrogens with zero attached hydrogens (tertiary/aromatic N) is 3. The van der Waals surface area contributed by atoms with E-state index in [0.717, 1.165) is 29.1 Å². The molecular formula is C22H21N5O. The molecule has 140 valence electrons. The van der Waals surface area contributed by atoms with Crippen LogP contribution in [-0.2, 0) is 6.54 Å². The third-order valence-electron chi connectivity index (χ3n) is 4.52. The average Bonchev–Trinajstić information content (AvgIpc) is 3.20. The Morgan fingerprint density at radius 3 is 2.36 bits per heavy atom. The molecule has 0 saturated carbocycles. The second kappa shape index (κ2) is 7.62. The fraction of sp³-hybridized carbons (Fsp3) is 0.136. The van der Waals surface area contributed by atoms with Crippen molar-refractivity contribution < 1.29 is 4.52 Å². The van der Waals surface area contributed by atoms with Gasteiger partial charge >= 0.3 is 0 Å². The third-order valence-corrected chi connectivity index (χ3v) is 4.52. The van der Waals surface area contributed by atoms with Gasteiger partial charge in [0.05, 0.1) is 11.9 Å². The van der Waals surface area contributed by atoms with Gasteiger partial charge in [0.2, 0.25) is 0 Å². The van der Waals surface area contributed by atoms with E-state index in [2.05, 4.69) is 32.6 Å². The number of aryl methyl sites for hydroxylation is 1. The van der Waals surface area contributed by atoms with Crippen LogP contribution in [0, 0.1) is 6.92 Å². The van der Waals surface area contributed by atoms with Gasteiger partial charge in [-0.05, 0) is 19.5 Å². The summed E-state index contributed by atoms with van der Waals surface area (Å²) in [7, 11) is 1.92. The van der Waals surface area contributed by atoms with Gasteiger partial charge < -0.3 is 15.6 Å². The molecule has 0 saturated heterocycles. The molecule has 2 heterocycles. The summed E-state index contributed by atoms with van der Waals surface area (Å²) in [6.07, 6.45) is 1.67. The van der Waals surface area contributed by atoms with Gasteiger partial charge in [-0.2, -0.15) is 0 Å². The molecule has 3 N–H and O–H groups in total. The summed E-state index contributed by atoms with van der Waals surface area (Å²) in [5.74, 6) is 0.802. The Hall–Kier alpha value is -3.51. The average molecular weight is 371 g/mol. The van der Waals surface area contributed by atoms with E-state index in [0.29, 0.717) is 17.3 Å². The van der Waals surface area contributed by atoms with Crippen LogP contribution in [0.2, 0.25) is 0 Å². The largest absolute Gasteiger partial charge is 0.382 e. The van der Waals surface area contributed by atoms with Crippen molar-refractivity contribution in [2.45, 2.75) is 13.5 Å². The molecule has 0 aliphatic rings. The minimum Gasteiger partial charge on any atom is -0.382 e. The molecule has 6 heteroatoms. The first-order valence-corrected chi connectivity index (χ1v) is 9.04. The van der Waals surface area contributed by atoms with E-state index in [4.69, 9.17) is 10.3 Å². The molecule has 0 aliphatic carbocycles. The van der Waals surface area contributed by atoms with Crippen LogP contribution in [0.1, 0.15) is 11.1 Å². The summed E-state index contributed by atoms with van der Waals surface area (Å²) in [5.41, 5.74) is 12.3. The molecule has 6 nitrogen and oxygen atoms in total. The molecule has 4 rings (SSSR count). The summed E-state index contributed by atoms with van der Waals surface area (Å²) >= 11 is 0. The lowest BCUT2D eigenvalue weighted by Gasteiger charge is -2.05. The quantitative estimate of drug-likeness (QED) is 0.549. The number of nitrogens with two attached hydrogens (primary N) is 1. The van der Waals surface area contributed by atoms with Gasteiger partial charge in [0.25, 0.3) is 0 Å². The van der Waals surface area contributed by atoms with Crippen molar-refractivity contribution in [3.8, 4) is 34.0 Å². The Balaban J connectivity index is 1.66. The van der Waals surface area contributed by atoms with Crippen LogP contribution in [-0.4, -0.2) is 22.2 Å². The molecule has 0 atom stereocenters. The number of hydrogen-bond donors (Lipinski definition) is 2. The van der Waals surface area contributed by atoms with E-state index < -0.39 is 0 Å². The smallest absolute Gasteiger partial charge is 0.189 e. The molecule has 0 amide bonds. The molecule has 4 aromatic rings. The van der Waals surface area contributed by atoms with Crippen molar-refractivity contribution in [3.05, 3.63) is 71.9 Å². The maximum atomic E-state index is 6.06. The lowest BCUT2D eigenvalue weighted by atomic mass is 10.1. The lowest BCUT2D eigenvalue weighted by molar-refractivity contribution is 0.434.